The maximum atomic E-state index is 5.61. The van der Waals surface area contributed by atoms with Crippen LogP contribution < -0.4 is 16.2 Å². The molecule has 16 heavy (non-hydrogen) atoms. The second kappa shape index (κ2) is 4.81. The fourth-order valence-corrected chi connectivity index (χ4v) is 1.85. The highest BCUT2D eigenvalue weighted by molar-refractivity contribution is 8.00. The van der Waals surface area contributed by atoms with Crippen molar-refractivity contribution < 1.29 is 0 Å². The zero-order chi connectivity index (χ0) is 11.4. The van der Waals surface area contributed by atoms with Gasteiger partial charge in [-0.25, -0.2) is 0 Å². The first-order chi connectivity index (χ1) is 7.74. The summed E-state index contributed by atoms with van der Waals surface area (Å²) < 4.78 is 3.23. The Morgan fingerprint density at radius 1 is 0.750 bits per heavy atom. The van der Waals surface area contributed by atoms with Crippen LogP contribution in [-0.4, -0.2) is 0 Å². The third kappa shape index (κ3) is 2.84. The van der Waals surface area contributed by atoms with Crippen LogP contribution in [-0.2, 0) is 0 Å². The Bertz CT molecular complexity index is 405. The van der Waals surface area contributed by atoms with Crippen LogP contribution >= 0.6 is 11.9 Å². The Morgan fingerprint density at radius 3 is 1.81 bits per heavy atom. The first-order valence-corrected chi connectivity index (χ1v) is 5.69. The van der Waals surface area contributed by atoms with Crippen LogP contribution in [0, 0.1) is 0 Å². The molecule has 0 amide bonds. The SMILES string of the molecule is Nc1ccc(NSc2ccc(N)cc2)cc1. The molecule has 4 heteroatoms. The third-order valence-corrected chi connectivity index (χ3v) is 2.92. The summed E-state index contributed by atoms with van der Waals surface area (Å²) in [7, 11) is 0. The van der Waals surface area contributed by atoms with Gasteiger partial charge in [0.25, 0.3) is 0 Å². The van der Waals surface area contributed by atoms with Gasteiger partial charge in [0.05, 0.1) is 0 Å². The highest BCUT2D eigenvalue weighted by atomic mass is 32.2. The van der Waals surface area contributed by atoms with Gasteiger partial charge in [-0.2, -0.15) is 0 Å². The lowest BCUT2D eigenvalue weighted by atomic mass is 10.3. The van der Waals surface area contributed by atoms with Crippen molar-refractivity contribution in [1.82, 2.24) is 0 Å². The fraction of sp³-hybridized carbons (Fsp3) is 0. The number of anilines is 3. The lowest BCUT2D eigenvalue weighted by Gasteiger charge is -2.05. The molecule has 5 N–H and O–H groups in total. The molecule has 0 aliphatic rings. The van der Waals surface area contributed by atoms with Gasteiger partial charge in [-0.15, -0.1) is 0 Å². The molecule has 0 bridgehead atoms. The molecule has 2 aromatic rings. The fourth-order valence-electron chi connectivity index (χ4n) is 1.20. The predicted octanol–water partition coefficient (Wildman–Crippen LogP) is 2.97. The quantitative estimate of drug-likeness (QED) is 0.561. The third-order valence-electron chi connectivity index (χ3n) is 2.08. The molecule has 0 radical (unpaired) electrons. The molecular formula is C12H13N3S. The Hall–Kier alpha value is -1.81. The van der Waals surface area contributed by atoms with E-state index in [1.807, 2.05) is 48.5 Å². The average Bonchev–Trinajstić information content (AvgIpc) is 2.30. The molecular weight excluding hydrogens is 218 g/mol. The van der Waals surface area contributed by atoms with Crippen LogP contribution in [0.1, 0.15) is 0 Å². The average molecular weight is 231 g/mol. The summed E-state index contributed by atoms with van der Waals surface area (Å²) >= 11 is 1.54. The number of benzene rings is 2. The summed E-state index contributed by atoms with van der Waals surface area (Å²) in [6, 6.07) is 15.3. The standard InChI is InChI=1S/C12H13N3S/c13-9-1-5-11(6-2-9)15-16-12-7-3-10(14)4-8-12/h1-8,15H,13-14H2. The van der Waals surface area contributed by atoms with Crippen molar-refractivity contribution in [2.45, 2.75) is 4.90 Å². The Balaban J connectivity index is 1.97. The maximum Gasteiger partial charge on any atom is 0.0444 e. The van der Waals surface area contributed by atoms with E-state index in [4.69, 9.17) is 11.5 Å². The van der Waals surface area contributed by atoms with Gasteiger partial charge in [0.2, 0.25) is 0 Å². The minimum atomic E-state index is 0.767. The normalized spacial score (nSPS) is 10.0. The molecule has 0 atom stereocenters. The minimum absolute atomic E-state index is 0.767. The summed E-state index contributed by atoms with van der Waals surface area (Å²) in [5, 5.41) is 0. The first kappa shape index (κ1) is 10.7. The number of hydrogen-bond acceptors (Lipinski definition) is 4. The van der Waals surface area contributed by atoms with E-state index in [1.54, 1.807) is 11.9 Å². The molecule has 0 saturated heterocycles. The zero-order valence-corrected chi connectivity index (χ0v) is 9.50. The van der Waals surface area contributed by atoms with Crippen LogP contribution in [0.2, 0.25) is 0 Å². The largest absolute Gasteiger partial charge is 0.399 e. The number of rotatable bonds is 3. The molecule has 2 aromatic carbocycles. The highest BCUT2D eigenvalue weighted by Crippen LogP contribution is 2.22. The zero-order valence-electron chi connectivity index (χ0n) is 8.68. The number of nitrogens with two attached hydrogens (primary N) is 2. The number of nitrogen functional groups attached to an aromatic ring is 2. The van der Waals surface area contributed by atoms with Crippen molar-refractivity contribution >= 4 is 29.0 Å². The molecule has 0 spiro atoms. The second-order valence-corrected chi connectivity index (χ2v) is 4.27. The number of nitrogens with one attached hydrogen (secondary N) is 1. The van der Waals surface area contributed by atoms with Crippen LogP contribution in [0.15, 0.2) is 53.4 Å². The number of hydrogen-bond donors (Lipinski definition) is 3. The molecule has 82 valence electrons. The molecule has 3 nitrogen and oxygen atoms in total. The second-order valence-electron chi connectivity index (χ2n) is 3.40. The molecule has 0 heterocycles. The van der Waals surface area contributed by atoms with E-state index in [0.29, 0.717) is 0 Å². The van der Waals surface area contributed by atoms with Crippen molar-refractivity contribution in [1.29, 1.82) is 0 Å². The van der Waals surface area contributed by atoms with E-state index < -0.39 is 0 Å². The van der Waals surface area contributed by atoms with Crippen molar-refractivity contribution in [3.63, 3.8) is 0 Å². The lowest BCUT2D eigenvalue weighted by molar-refractivity contribution is 1.46. The van der Waals surface area contributed by atoms with E-state index in [9.17, 15) is 0 Å². The summed E-state index contributed by atoms with van der Waals surface area (Å²) in [5.74, 6) is 0. The molecule has 0 saturated carbocycles. The van der Waals surface area contributed by atoms with E-state index in [2.05, 4.69) is 4.72 Å². The summed E-state index contributed by atoms with van der Waals surface area (Å²) in [4.78, 5) is 1.12. The predicted molar refractivity (Wildman–Crippen MR) is 71.2 cm³/mol. The van der Waals surface area contributed by atoms with Gasteiger partial charge < -0.3 is 16.2 Å². The van der Waals surface area contributed by atoms with Crippen LogP contribution in [0.5, 0.6) is 0 Å². The van der Waals surface area contributed by atoms with Gasteiger partial charge in [0, 0.05) is 22.0 Å². The van der Waals surface area contributed by atoms with Crippen molar-refractivity contribution in [2.75, 3.05) is 16.2 Å². The van der Waals surface area contributed by atoms with Gasteiger partial charge in [-0.1, -0.05) is 0 Å². The minimum Gasteiger partial charge on any atom is -0.399 e. The molecule has 0 fully saturated rings. The summed E-state index contributed by atoms with van der Waals surface area (Å²) in [6.07, 6.45) is 0. The monoisotopic (exact) mass is 231 g/mol. The van der Waals surface area contributed by atoms with Crippen LogP contribution in [0.25, 0.3) is 0 Å². The Labute approximate surface area is 99.0 Å². The van der Waals surface area contributed by atoms with E-state index in [0.717, 1.165) is 22.0 Å². The summed E-state index contributed by atoms with van der Waals surface area (Å²) in [6.45, 7) is 0. The van der Waals surface area contributed by atoms with Gasteiger partial charge in [-0.05, 0) is 60.5 Å². The van der Waals surface area contributed by atoms with Crippen molar-refractivity contribution in [3.8, 4) is 0 Å². The Morgan fingerprint density at radius 2 is 1.25 bits per heavy atom. The van der Waals surface area contributed by atoms with Gasteiger partial charge in [0.15, 0.2) is 0 Å². The lowest BCUT2D eigenvalue weighted by Crippen LogP contribution is -1.89. The molecule has 2 rings (SSSR count). The first-order valence-electron chi connectivity index (χ1n) is 4.88. The molecule has 0 aliphatic carbocycles. The van der Waals surface area contributed by atoms with E-state index in [1.165, 1.54) is 0 Å². The summed E-state index contributed by atoms with van der Waals surface area (Å²) in [5.41, 5.74) is 13.8. The van der Waals surface area contributed by atoms with Crippen LogP contribution in [0.3, 0.4) is 0 Å². The molecule has 0 aromatic heterocycles. The van der Waals surface area contributed by atoms with Gasteiger partial charge in [0.1, 0.15) is 0 Å². The van der Waals surface area contributed by atoms with E-state index >= 15 is 0 Å². The van der Waals surface area contributed by atoms with Crippen LogP contribution in [0.4, 0.5) is 17.1 Å². The van der Waals surface area contributed by atoms with E-state index in [-0.39, 0.29) is 0 Å². The van der Waals surface area contributed by atoms with Gasteiger partial charge >= 0.3 is 0 Å². The maximum absolute atomic E-state index is 5.61. The molecule has 0 aliphatic heterocycles. The highest BCUT2D eigenvalue weighted by Gasteiger charge is 1.95. The Kier molecular flexibility index (Phi) is 3.22. The van der Waals surface area contributed by atoms with Crippen molar-refractivity contribution in [2.24, 2.45) is 0 Å². The molecule has 0 unspecified atom stereocenters. The smallest absolute Gasteiger partial charge is 0.0444 e. The van der Waals surface area contributed by atoms with Crippen molar-refractivity contribution in [3.05, 3.63) is 48.5 Å². The van der Waals surface area contributed by atoms with Gasteiger partial charge in [-0.3, -0.25) is 0 Å². The topological polar surface area (TPSA) is 64.1 Å².